The van der Waals surface area contributed by atoms with E-state index in [4.69, 9.17) is 10.2 Å². The van der Waals surface area contributed by atoms with Crippen molar-refractivity contribution >= 4 is 11.0 Å². The van der Waals surface area contributed by atoms with Crippen LogP contribution in [0, 0.1) is 0 Å². The van der Waals surface area contributed by atoms with Crippen molar-refractivity contribution in [2.75, 3.05) is 0 Å². The Hall–Kier alpha value is -2.07. The first-order valence-corrected chi connectivity index (χ1v) is 6.43. The molecule has 4 nitrogen and oxygen atoms in total. The average Bonchev–Trinajstić information content (AvgIpc) is 3.02. The van der Waals surface area contributed by atoms with Gasteiger partial charge >= 0.3 is 0 Å². The van der Waals surface area contributed by atoms with E-state index in [1.54, 1.807) is 6.26 Å². The lowest BCUT2D eigenvalue weighted by molar-refractivity contribution is 0.582. The summed E-state index contributed by atoms with van der Waals surface area (Å²) in [7, 11) is 2.00. The van der Waals surface area contributed by atoms with Crippen molar-refractivity contribution in [3.8, 4) is 0 Å². The molecule has 2 heterocycles. The van der Waals surface area contributed by atoms with Gasteiger partial charge in [0.1, 0.15) is 11.4 Å². The predicted octanol–water partition coefficient (Wildman–Crippen LogP) is 2.80. The monoisotopic (exact) mass is 255 g/mol. The molecule has 0 aliphatic heterocycles. The molecular weight excluding hydrogens is 238 g/mol. The Balaban J connectivity index is 1.77. The highest BCUT2D eigenvalue weighted by atomic mass is 16.3. The van der Waals surface area contributed by atoms with Gasteiger partial charge in [-0.05, 0) is 12.5 Å². The molecule has 1 unspecified atom stereocenters. The summed E-state index contributed by atoms with van der Waals surface area (Å²) < 4.78 is 7.56. The molecule has 0 aliphatic rings. The first kappa shape index (κ1) is 12.0. The van der Waals surface area contributed by atoms with Crippen molar-refractivity contribution in [1.29, 1.82) is 0 Å². The van der Waals surface area contributed by atoms with Crippen molar-refractivity contribution in [3.63, 3.8) is 0 Å². The molecule has 0 bridgehead atoms. The Bertz CT molecular complexity index is 683. The molecule has 0 aliphatic carbocycles. The molecule has 0 radical (unpaired) electrons. The second-order valence-corrected chi connectivity index (χ2v) is 4.79. The van der Waals surface area contributed by atoms with Crippen LogP contribution in [0.5, 0.6) is 0 Å². The second-order valence-electron chi connectivity index (χ2n) is 4.79. The van der Waals surface area contributed by atoms with Crippen LogP contribution in [0.3, 0.4) is 0 Å². The third-order valence-electron chi connectivity index (χ3n) is 3.51. The maximum Gasteiger partial charge on any atom is 0.134 e. The quantitative estimate of drug-likeness (QED) is 0.780. The fraction of sp³-hybridized carbons (Fsp3) is 0.267. The van der Waals surface area contributed by atoms with Gasteiger partial charge in [-0.1, -0.05) is 18.2 Å². The maximum atomic E-state index is 6.28. The highest BCUT2D eigenvalue weighted by molar-refractivity contribution is 5.81. The molecule has 4 heteroatoms. The number of imidazole rings is 1. The molecule has 2 N–H and O–H groups in total. The van der Waals surface area contributed by atoms with Gasteiger partial charge in [0.05, 0.1) is 6.26 Å². The summed E-state index contributed by atoms with van der Waals surface area (Å²) in [6.07, 6.45) is 7.26. The number of furan rings is 1. The minimum absolute atomic E-state index is 0.0275. The van der Waals surface area contributed by atoms with Gasteiger partial charge in [-0.2, -0.15) is 0 Å². The van der Waals surface area contributed by atoms with Crippen LogP contribution in [-0.2, 0) is 13.5 Å². The summed E-state index contributed by atoms with van der Waals surface area (Å²) in [4.78, 5) is 4.32. The van der Waals surface area contributed by atoms with E-state index in [1.807, 2.05) is 42.2 Å². The highest BCUT2D eigenvalue weighted by Gasteiger charge is 2.13. The standard InChI is InChI=1S/C15H17N3O/c1-18-9-8-17-15(18)7-6-13(16)12-10-19-14-5-3-2-4-11(12)14/h2-5,8-10,13H,6-7,16H2,1H3. The number of benzene rings is 1. The van der Waals surface area contributed by atoms with Gasteiger partial charge in [0.15, 0.2) is 0 Å². The predicted molar refractivity (Wildman–Crippen MR) is 74.7 cm³/mol. The van der Waals surface area contributed by atoms with E-state index >= 15 is 0 Å². The van der Waals surface area contributed by atoms with Gasteiger partial charge in [0.2, 0.25) is 0 Å². The Morgan fingerprint density at radius 3 is 3.00 bits per heavy atom. The molecule has 98 valence electrons. The Morgan fingerprint density at radius 1 is 1.37 bits per heavy atom. The molecule has 3 aromatic rings. The third-order valence-corrected chi connectivity index (χ3v) is 3.51. The lowest BCUT2D eigenvalue weighted by Gasteiger charge is -2.10. The molecule has 1 atom stereocenters. The van der Waals surface area contributed by atoms with E-state index in [9.17, 15) is 0 Å². The van der Waals surface area contributed by atoms with Gasteiger partial charge in [0.25, 0.3) is 0 Å². The molecule has 1 aromatic carbocycles. The van der Waals surface area contributed by atoms with Crippen molar-refractivity contribution in [3.05, 3.63) is 54.3 Å². The van der Waals surface area contributed by atoms with E-state index in [0.717, 1.165) is 35.2 Å². The molecule has 0 saturated carbocycles. The summed E-state index contributed by atoms with van der Waals surface area (Å²) in [6, 6.07) is 7.96. The number of aryl methyl sites for hydroxylation is 2. The van der Waals surface area contributed by atoms with Crippen molar-refractivity contribution in [1.82, 2.24) is 9.55 Å². The van der Waals surface area contributed by atoms with E-state index in [2.05, 4.69) is 11.1 Å². The summed E-state index contributed by atoms with van der Waals surface area (Å²) in [5, 5.41) is 1.11. The van der Waals surface area contributed by atoms with Crippen molar-refractivity contribution in [2.24, 2.45) is 12.8 Å². The minimum Gasteiger partial charge on any atom is -0.464 e. The first-order chi connectivity index (χ1) is 9.25. The molecule has 0 amide bonds. The number of hydrogen-bond acceptors (Lipinski definition) is 3. The average molecular weight is 255 g/mol. The number of fused-ring (bicyclic) bond motifs is 1. The lowest BCUT2D eigenvalue weighted by Crippen LogP contribution is -2.12. The van der Waals surface area contributed by atoms with Crippen LogP contribution >= 0.6 is 0 Å². The van der Waals surface area contributed by atoms with Crippen molar-refractivity contribution < 1.29 is 4.42 Å². The van der Waals surface area contributed by atoms with E-state index < -0.39 is 0 Å². The smallest absolute Gasteiger partial charge is 0.134 e. The molecule has 2 aromatic heterocycles. The Labute approximate surface area is 111 Å². The Morgan fingerprint density at radius 2 is 2.21 bits per heavy atom. The summed E-state index contributed by atoms with van der Waals surface area (Å²) in [5.74, 6) is 1.06. The fourth-order valence-electron chi connectivity index (χ4n) is 2.36. The van der Waals surface area contributed by atoms with Crippen LogP contribution in [0.1, 0.15) is 23.9 Å². The van der Waals surface area contributed by atoms with Crippen molar-refractivity contribution in [2.45, 2.75) is 18.9 Å². The molecule has 3 rings (SSSR count). The molecule has 0 fully saturated rings. The van der Waals surface area contributed by atoms with Crippen LogP contribution < -0.4 is 5.73 Å². The number of aromatic nitrogens is 2. The van der Waals surface area contributed by atoms with E-state index in [0.29, 0.717) is 0 Å². The zero-order valence-electron chi connectivity index (χ0n) is 10.9. The fourth-order valence-corrected chi connectivity index (χ4v) is 2.36. The number of rotatable bonds is 4. The summed E-state index contributed by atoms with van der Waals surface area (Å²) in [5.41, 5.74) is 8.24. The van der Waals surface area contributed by atoms with Crippen LogP contribution in [0.15, 0.2) is 47.3 Å². The van der Waals surface area contributed by atoms with E-state index in [-0.39, 0.29) is 6.04 Å². The largest absolute Gasteiger partial charge is 0.464 e. The zero-order chi connectivity index (χ0) is 13.2. The topological polar surface area (TPSA) is 57.0 Å². The van der Waals surface area contributed by atoms with Gasteiger partial charge < -0.3 is 14.7 Å². The molecule has 0 saturated heterocycles. The molecule has 19 heavy (non-hydrogen) atoms. The number of nitrogens with zero attached hydrogens (tertiary/aromatic N) is 2. The highest BCUT2D eigenvalue weighted by Crippen LogP contribution is 2.27. The van der Waals surface area contributed by atoms with E-state index in [1.165, 1.54) is 0 Å². The van der Waals surface area contributed by atoms with Crippen LogP contribution in [-0.4, -0.2) is 9.55 Å². The maximum absolute atomic E-state index is 6.28. The second kappa shape index (κ2) is 4.90. The molecular formula is C15H17N3O. The van der Waals surface area contributed by atoms with Gasteiger partial charge in [-0.15, -0.1) is 0 Å². The van der Waals surface area contributed by atoms with Crippen LogP contribution in [0.2, 0.25) is 0 Å². The Kier molecular flexibility index (Phi) is 3.09. The van der Waals surface area contributed by atoms with Crippen LogP contribution in [0.25, 0.3) is 11.0 Å². The lowest BCUT2D eigenvalue weighted by atomic mass is 10.0. The third kappa shape index (κ3) is 2.27. The number of nitrogens with two attached hydrogens (primary N) is 1. The minimum atomic E-state index is -0.0275. The number of hydrogen-bond donors (Lipinski definition) is 1. The SMILES string of the molecule is Cn1ccnc1CCC(N)c1coc2ccccc12. The summed E-state index contributed by atoms with van der Waals surface area (Å²) in [6.45, 7) is 0. The first-order valence-electron chi connectivity index (χ1n) is 6.43. The number of para-hydroxylation sites is 1. The van der Waals surface area contributed by atoms with Gasteiger partial charge in [-0.25, -0.2) is 4.98 Å². The molecule has 0 spiro atoms. The normalized spacial score (nSPS) is 12.9. The van der Waals surface area contributed by atoms with Crippen LogP contribution in [0.4, 0.5) is 0 Å². The summed E-state index contributed by atoms with van der Waals surface area (Å²) >= 11 is 0. The van der Waals surface area contributed by atoms with Gasteiger partial charge in [-0.3, -0.25) is 0 Å². The zero-order valence-corrected chi connectivity index (χ0v) is 10.9. The van der Waals surface area contributed by atoms with Gasteiger partial charge in [0, 0.05) is 42.9 Å².